The minimum Gasteiger partial charge on any atom is -0.460 e. The van der Waals surface area contributed by atoms with Gasteiger partial charge in [0.05, 0.1) is 11.8 Å². The molecule has 2 fully saturated rings. The third kappa shape index (κ3) is 3.98. The van der Waals surface area contributed by atoms with Crippen molar-refractivity contribution in [1.29, 1.82) is 0 Å². The third-order valence-corrected chi connectivity index (χ3v) is 3.60. The number of hydrogen-bond acceptors (Lipinski definition) is 6. The van der Waals surface area contributed by atoms with Crippen LogP contribution < -0.4 is 0 Å². The molecule has 6 heteroatoms. The molecule has 0 spiro atoms. The molecule has 0 aromatic rings. The molecule has 0 N–H and O–H groups in total. The molecule has 1 aliphatic heterocycles. The van der Waals surface area contributed by atoms with Gasteiger partial charge in [0.1, 0.15) is 23.4 Å². The summed E-state index contributed by atoms with van der Waals surface area (Å²) in [4.78, 5) is 34.6. The molecule has 0 bridgehead atoms. The molecular weight excluding hydrogens is 288 g/mol. The van der Waals surface area contributed by atoms with Crippen LogP contribution in [0.1, 0.15) is 54.4 Å². The first-order valence-electron chi connectivity index (χ1n) is 7.76. The molecule has 0 aromatic carbocycles. The van der Waals surface area contributed by atoms with E-state index in [1.807, 2.05) is 41.5 Å². The summed E-state index contributed by atoms with van der Waals surface area (Å²) in [5, 5.41) is 0. The lowest BCUT2D eigenvalue weighted by atomic mass is 9.76. The van der Waals surface area contributed by atoms with Gasteiger partial charge < -0.3 is 9.47 Å². The first kappa shape index (κ1) is 17.2. The summed E-state index contributed by atoms with van der Waals surface area (Å²) in [6.45, 7) is 11.0. The minimum absolute atomic E-state index is 0.298. The van der Waals surface area contributed by atoms with Gasteiger partial charge in [0.2, 0.25) is 0 Å². The first-order chi connectivity index (χ1) is 9.98. The summed E-state index contributed by atoms with van der Waals surface area (Å²) in [5.74, 6) is -1.38. The van der Waals surface area contributed by atoms with E-state index in [4.69, 9.17) is 19.2 Å². The summed E-state index contributed by atoms with van der Waals surface area (Å²) in [5.41, 5.74) is -1.08. The molecule has 1 aliphatic carbocycles. The Morgan fingerprint density at radius 1 is 0.773 bits per heavy atom. The minimum atomic E-state index is -0.542. The molecule has 1 saturated carbocycles. The standard InChI is InChI=1S/C16H26O6/c1-15(2,3)19-13(17)9-7-8-10(12-11(9)21-22-12)14(18)20-16(4,5)6/h9-12H,7-8H2,1-6H3. The fraction of sp³-hybridized carbons (Fsp3) is 0.875. The maximum absolute atomic E-state index is 12.2. The summed E-state index contributed by atoms with van der Waals surface area (Å²) in [7, 11) is 0. The van der Waals surface area contributed by atoms with Crippen LogP contribution in [0.4, 0.5) is 0 Å². The highest BCUT2D eigenvalue weighted by Gasteiger charge is 2.55. The van der Waals surface area contributed by atoms with Gasteiger partial charge in [-0.25, -0.2) is 9.78 Å². The van der Waals surface area contributed by atoms with Crippen LogP contribution in [0, 0.1) is 11.8 Å². The predicted molar refractivity (Wildman–Crippen MR) is 77.7 cm³/mol. The number of esters is 2. The lowest BCUT2D eigenvalue weighted by Gasteiger charge is -2.46. The zero-order chi connectivity index (χ0) is 16.7. The van der Waals surface area contributed by atoms with Crippen LogP contribution in [0.25, 0.3) is 0 Å². The van der Waals surface area contributed by atoms with Crippen molar-refractivity contribution in [2.24, 2.45) is 11.8 Å². The fourth-order valence-corrected chi connectivity index (χ4v) is 2.72. The smallest absolute Gasteiger partial charge is 0.312 e. The molecular formula is C16H26O6. The van der Waals surface area contributed by atoms with E-state index in [1.54, 1.807) is 0 Å². The number of carbonyl (C=O) groups excluding carboxylic acids is 2. The molecule has 4 atom stereocenters. The van der Waals surface area contributed by atoms with Crippen LogP contribution in [0.5, 0.6) is 0 Å². The molecule has 0 amide bonds. The van der Waals surface area contributed by atoms with Crippen LogP contribution in [0.15, 0.2) is 0 Å². The molecule has 2 aliphatic rings. The largest absolute Gasteiger partial charge is 0.460 e. The van der Waals surface area contributed by atoms with Crippen LogP contribution >= 0.6 is 0 Å². The van der Waals surface area contributed by atoms with Gasteiger partial charge in [-0.1, -0.05) is 0 Å². The van der Waals surface area contributed by atoms with E-state index in [0.29, 0.717) is 12.8 Å². The maximum atomic E-state index is 12.2. The number of rotatable bonds is 2. The van der Waals surface area contributed by atoms with E-state index in [2.05, 4.69) is 0 Å². The highest BCUT2D eigenvalue weighted by atomic mass is 17.2. The molecule has 2 rings (SSSR count). The SMILES string of the molecule is CC(C)(C)OC(=O)C1CCC(C(=O)OC(C)(C)C)C2OOC12. The normalized spacial score (nSPS) is 31.7. The second-order valence-electron chi connectivity index (χ2n) is 7.98. The molecule has 6 nitrogen and oxygen atoms in total. The average Bonchev–Trinajstić information content (AvgIpc) is 2.24. The van der Waals surface area contributed by atoms with E-state index in [1.165, 1.54) is 0 Å². The van der Waals surface area contributed by atoms with Gasteiger partial charge in [-0.05, 0) is 54.4 Å². The van der Waals surface area contributed by atoms with Crippen molar-refractivity contribution >= 4 is 11.9 Å². The lowest BCUT2D eigenvalue weighted by Crippen LogP contribution is -2.59. The second-order valence-corrected chi connectivity index (χ2v) is 7.98. The van der Waals surface area contributed by atoms with Gasteiger partial charge in [0, 0.05) is 0 Å². The van der Waals surface area contributed by atoms with Gasteiger partial charge in [0.25, 0.3) is 0 Å². The Morgan fingerprint density at radius 3 is 1.32 bits per heavy atom. The van der Waals surface area contributed by atoms with Gasteiger partial charge in [-0.15, -0.1) is 0 Å². The van der Waals surface area contributed by atoms with E-state index < -0.39 is 35.2 Å². The molecule has 4 unspecified atom stereocenters. The monoisotopic (exact) mass is 314 g/mol. The summed E-state index contributed by atoms with van der Waals surface area (Å²) in [6, 6.07) is 0. The Morgan fingerprint density at radius 2 is 1.09 bits per heavy atom. The van der Waals surface area contributed by atoms with Crippen LogP contribution in [-0.4, -0.2) is 35.3 Å². The molecule has 0 aromatic heterocycles. The quantitative estimate of drug-likeness (QED) is 0.576. The van der Waals surface area contributed by atoms with Crippen LogP contribution in [0.3, 0.4) is 0 Å². The summed E-state index contributed by atoms with van der Waals surface area (Å²) >= 11 is 0. The highest BCUT2D eigenvalue weighted by Crippen LogP contribution is 2.41. The molecule has 0 radical (unpaired) electrons. The molecule has 1 heterocycles. The van der Waals surface area contributed by atoms with Crippen LogP contribution in [-0.2, 0) is 28.8 Å². The highest BCUT2D eigenvalue weighted by molar-refractivity contribution is 5.77. The maximum Gasteiger partial charge on any atom is 0.312 e. The Labute approximate surface area is 131 Å². The summed E-state index contributed by atoms with van der Waals surface area (Å²) < 4.78 is 10.8. The Bertz CT molecular complexity index is 403. The number of carbonyl (C=O) groups is 2. The van der Waals surface area contributed by atoms with Crippen molar-refractivity contribution in [2.45, 2.75) is 77.8 Å². The fourth-order valence-electron chi connectivity index (χ4n) is 2.72. The zero-order valence-corrected chi connectivity index (χ0v) is 14.2. The predicted octanol–water partition coefficient (Wildman–Crippen LogP) is 2.40. The Kier molecular flexibility index (Phi) is 4.55. The average molecular weight is 314 g/mol. The van der Waals surface area contributed by atoms with Crippen molar-refractivity contribution in [3.05, 3.63) is 0 Å². The Hall–Kier alpha value is -1.14. The van der Waals surface area contributed by atoms with Crippen molar-refractivity contribution < 1.29 is 28.8 Å². The molecule has 126 valence electrons. The molecule has 1 saturated heterocycles. The van der Waals surface area contributed by atoms with Crippen molar-refractivity contribution in [2.75, 3.05) is 0 Å². The zero-order valence-electron chi connectivity index (χ0n) is 14.2. The van der Waals surface area contributed by atoms with Crippen molar-refractivity contribution in [1.82, 2.24) is 0 Å². The van der Waals surface area contributed by atoms with E-state index in [-0.39, 0.29) is 11.9 Å². The van der Waals surface area contributed by atoms with Gasteiger partial charge in [0.15, 0.2) is 0 Å². The number of hydrogen-bond donors (Lipinski definition) is 0. The van der Waals surface area contributed by atoms with Crippen molar-refractivity contribution in [3.8, 4) is 0 Å². The second kappa shape index (κ2) is 5.81. The van der Waals surface area contributed by atoms with E-state index in [9.17, 15) is 9.59 Å². The first-order valence-corrected chi connectivity index (χ1v) is 7.76. The Balaban J connectivity index is 1.99. The van der Waals surface area contributed by atoms with E-state index in [0.717, 1.165) is 0 Å². The van der Waals surface area contributed by atoms with E-state index >= 15 is 0 Å². The number of ether oxygens (including phenoxy) is 2. The van der Waals surface area contributed by atoms with Gasteiger partial charge >= 0.3 is 11.9 Å². The van der Waals surface area contributed by atoms with Crippen molar-refractivity contribution in [3.63, 3.8) is 0 Å². The third-order valence-electron chi connectivity index (χ3n) is 3.60. The lowest BCUT2D eigenvalue weighted by molar-refractivity contribution is -0.486. The molecule has 22 heavy (non-hydrogen) atoms. The van der Waals surface area contributed by atoms with Gasteiger partial charge in [-0.2, -0.15) is 0 Å². The number of fused-ring (bicyclic) bond motifs is 1. The van der Waals surface area contributed by atoms with Crippen LogP contribution in [0.2, 0.25) is 0 Å². The summed E-state index contributed by atoms with van der Waals surface area (Å²) in [6.07, 6.45) is 0.203. The topological polar surface area (TPSA) is 71.1 Å². The van der Waals surface area contributed by atoms with Gasteiger partial charge in [-0.3, -0.25) is 9.59 Å².